The summed E-state index contributed by atoms with van der Waals surface area (Å²) in [6.07, 6.45) is 0.605. The van der Waals surface area contributed by atoms with Crippen LogP contribution >= 0.6 is 11.6 Å². The maximum absolute atomic E-state index is 12.0. The molecule has 0 aromatic heterocycles. The van der Waals surface area contributed by atoms with Crippen molar-refractivity contribution in [3.05, 3.63) is 51.0 Å². The molecule has 2 aromatic carbocycles. The van der Waals surface area contributed by atoms with Gasteiger partial charge < -0.3 is 15.2 Å². The van der Waals surface area contributed by atoms with E-state index in [9.17, 15) is 20.0 Å². The number of hydrogen-bond donors (Lipinski definition) is 1. The van der Waals surface area contributed by atoms with Gasteiger partial charge >= 0.3 is 0 Å². The van der Waals surface area contributed by atoms with Gasteiger partial charge in [0.15, 0.2) is 6.10 Å². The van der Waals surface area contributed by atoms with Gasteiger partial charge in [0.25, 0.3) is 11.6 Å². The Labute approximate surface area is 146 Å². The smallest absolute Gasteiger partial charge is 0.265 e. The van der Waals surface area contributed by atoms with Crippen LogP contribution in [0.2, 0.25) is 5.02 Å². The van der Waals surface area contributed by atoms with E-state index in [1.807, 2.05) is 0 Å². The summed E-state index contributed by atoms with van der Waals surface area (Å²) in [6.45, 7) is 1.63. The number of carbonyl (C=O) groups is 1. The predicted molar refractivity (Wildman–Crippen MR) is 90.0 cm³/mol. The number of nitrogens with zero attached hydrogens (tertiary/aromatic N) is 2. The van der Waals surface area contributed by atoms with Crippen LogP contribution < -0.4 is 15.2 Å². The van der Waals surface area contributed by atoms with Gasteiger partial charge in [-0.3, -0.25) is 19.9 Å². The second-order valence-corrected chi connectivity index (χ2v) is 5.72. The second-order valence-electron chi connectivity index (χ2n) is 5.29. The average molecular weight is 361 g/mol. The van der Waals surface area contributed by atoms with Crippen molar-refractivity contribution in [2.24, 2.45) is 4.99 Å². The molecule has 1 amide bonds. The molecule has 0 saturated heterocycles. The molecule has 0 spiro atoms. The first-order valence-electron chi connectivity index (χ1n) is 7.16. The lowest BCUT2D eigenvalue weighted by Crippen LogP contribution is -2.34. The van der Waals surface area contributed by atoms with Crippen LogP contribution in [0.15, 0.2) is 35.3 Å². The lowest BCUT2D eigenvalue weighted by Gasteiger charge is -2.23. The SMILES string of the molecule is C[C@@H]1Oc2ccc(N=Cc3cc(Cl)cc([N+](=O)[O-])c3[O-])cc2NC1=O. The maximum Gasteiger partial charge on any atom is 0.265 e. The first kappa shape index (κ1) is 16.7. The molecule has 9 heteroatoms. The minimum atomic E-state index is -0.793. The molecule has 0 bridgehead atoms. The quantitative estimate of drug-likeness (QED) is 0.513. The average Bonchev–Trinajstić information content (AvgIpc) is 2.56. The minimum absolute atomic E-state index is 0.00849. The summed E-state index contributed by atoms with van der Waals surface area (Å²) in [4.78, 5) is 25.8. The van der Waals surface area contributed by atoms with Crippen molar-refractivity contribution < 1.29 is 19.6 Å². The number of hydrogen-bond acceptors (Lipinski definition) is 6. The fraction of sp³-hybridized carbons (Fsp3) is 0.125. The summed E-state index contributed by atoms with van der Waals surface area (Å²) in [7, 11) is 0. The number of aliphatic imine (C=N–C) groups is 1. The minimum Gasteiger partial charge on any atom is -0.867 e. The highest BCUT2D eigenvalue weighted by molar-refractivity contribution is 6.31. The number of rotatable bonds is 3. The number of carbonyl (C=O) groups excluding carboxylic acids is 1. The number of ether oxygens (including phenoxy) is 1. The molecule has 0 saturated carbocycles. The molecule has 1 heterocycles. The van der Waals surface area contributed by atoms with E-state index in [1.54, 1.807) is 25.1 Å². The molecule has 1 N–H and O–H groups in total. The van der Waals surface area contributed by atoms with E-state index in [4.69, 9.17) is 16.3 Å². The Balaban J connectivity index is 1.92. The topological polar surface area (TPSA) is 117 Å². The van der Waals surface area contributed by atoms with E-state index < -0.39 is 22.5 Å². The summed E-state index contributed by atoms with van der Waals surface area (Å²) in [5, 5.41) is 25.6. The lowest BCUT2D eigenvalue weighted by molar-refractivity contribution is -0.398. The highest BCUT2D eigenvalue weighted by atomic mass is 35.5. The van der Waals surface area contributed by atoms with Crippen molar-refractivity contribution in [2.75, 3.05) is 5.32 Å². The Kier molecular flexibility index (Phi) is 4.28. The third-order valence-electron chi connectivity index (χ3n) is 3.51. The molecule has 3 rings (SSSR count). The number of amides is 1. The van der Waals surface area contributed by atoms with Gasteiger partial charge in [0.1, 0.15) is 5.75 Å². The summed E-state index contributed by atoms with van der Waals surface area (Å²) < 4.78 is 5.43. The Hall–Kier alpha value is -3.13. The number of fused-ring (bicyclic) bond motifs is 1. The predicted octanol–water partition coefficient (Wildman–Crippen LogP) is 2.79. The fourth-order valence-electron chi connectivity index (χ4n) is 2.25. The molecule has 0 unspecified atom stereocenters. The molecule has 1 aliphatic heterocycles. The standard InChI is InChI=1S/C16H12ClN3O5/c1-8-16(22)19-12-6-11(2-3-14(12)25-8)18-7-9-4-10(17)5-13(15(9)21)20(23)24/h2-8,21H,1H3,(H,19,22)/p-1/t8-/m0/s1. The van der Waals surface area contributed by atoms with Crippen LogP contribution in [-0.2, 0) is 4.79 Å². The third kappa shape index (κ3) is 3.38. The van der Waals surface area contributed by atoms with Crippen molar-refractivity contribution in [2.45, 2.75) is 13.0 Å². The Morgan fingerprint density at radius 1 is 1.36 bits per heavy atom. The van der Waals surface area contributed by atoms with Gasteiger partial charge in [-0.2, -0.15) is 0 Å². The van der Waals surface area contributed by atoms with E-state index in [-0.39, 0.29) is 16.5 Å². The molecule has 0 aliphatic carbocycles. The normalized spacial score (nSPS) is 16.2. The molecule has 25 heavy (non-hydrogen) atoms. The summed E-state index contributed by atoms with van der Waals surface area (Å²) in [6, 6.07) is 7.12. The molecular weight excluding hydrogens is 350 g/mol. The van der Waals surface area contributed by atoms with E-state index in [2.05, 4.69) is 10.3 Å². The number of nitrogens with one attached hydrogen (secondary N) is 1. The van der Waals surface area contributed by atoms with Crippen LogP contribution in [0.4, 0.5) is 17.1 Å². The number of nitro groups is 1. The van der Waals surface area contributed by atoms with E-state index in [0.29, 0.717) is 17.1 Å². The molecule has 2 aromatic rings. The highest BCUT2D eigenvalue weighted by Crippen LogP contribution is 2.34. The second kappa shape index (κ2) is 6.40. The molecule has 0 fully saturated rings. The first-order chi connectivity index (χ1) is 11.8. The van der Waals surface area contributed by atoms with Crippen LogP contribution in [0.25, 0.3) is 0 Å². The summed E-state index contributed by atoms with van der Waals surface area (Å²) in [5.74, 6) is -0.545. The summed E-state index contributed by atoms with van der Waals surface area (Å²) in [5.41, 5.74) is 0.260. The molecule has 1 atom stereocenters. The molecule has 1 aliphatic rings. The zero-order chi connectivity index (χ0) is 18.1. The van der Waals surface area contributed by atoms with Crippen LogP contribution in [0, 0.1) is 10.1 Å². The Morgan fingerprint density at radius 2 is 2.12 bits per heavy atom. The van der Waals surface area contributed by atoms with Gasteiger partial charge in [0, 0.05) is 17.3 Å². The van der Waals surface area contributed by atoms with E-state index in [0.717, 1.165) is 6.07 Å². The van der Waals surface area contributed by atoms with Crippen molar-refractivity contribution in [3.8, 4) is 11.5 Å². The molecular formula is C16H11ClN3O5-. The fourth-order valence-corrected chi connectivity index (χ4v) is 2.47. The summed E-state index contributed by atoms with van der Waals surface area (Å²) >= 11 is 5.80. The van der Waals surface area contributed by atoms with Crippen molar-refractivity contribution in [1.82, 2.24) is 0 Å². The first-order valence-corrected chi connectivity index (χ1v) is 7.53. The van der Waals surface area contributed by atoms with Gasteiger partial charge in [-0.05, 0) is 42.5 Å². The van der Waals surface area contributed by atoms with Crippen molar-refractivity contribution in [1.29, 1.82) is 0 Å². The zero-order valence-electron chi connectivity index (χ0n) is 12.9. The Bertz CT molecular complexity index is 913. The number of halogens is 1. The molecule has 128 valence electrons. The molecule has 8 nitrogen and oxygen atoms in total. The van der Waals surface area contributed by atoms with E-state index in [1.165, 1.54) is 12.3 Å². The highest BCUT2D eigenvalue weighted by Gasteiger charge is 2.23. The number of nitro benzene ring substituents is 1. The van der Waals surface area contributed by atoms with Gasteiger partial charge in [-0.15, -0.1) is 0 Å². The van der Waals surface area contributed by atoms with Crippen LogP contribution in [-0.4, -0.2) is 23.1 Å². The van der Waals surface area contributed by atoms with Gasteiger partial charge in [0.2, 0.25) is 0 Å². The Morgan fingerprint density at radius 3 is 2.84 bits per heavy atom. The lowest BCUT2D eigenvalue weighted by atomic mass is 10.2. The van der Waals surface area contributed by atoms with Crippen LogP contribution in [0.1, 0.15) is 12.5 Å². The number of benzene rings is 2. The van der Waals surface area contributed by atoms with Crippen molar-refractivity contribution in [3.63, 3.8) is 0 Å². The third-order valence-corrected chi connectivity index (χ3v) is 3.72. The zero-order valence-corrected chi connectivity index (χ0v) is 13.6. The van der Waals surface area contributed by atoms with Gasteiger partial charge in [-0.1, -0.05) is 11.6 Å². The largest absolute Gasteiger partial charge is 0.867 e. The van der Waals surface area contributed by atoms with Crippen LogP contribution in [0.5, 0.6) is 11.5 Å². The van der Waals surface area contributed by atoms with Crippen LogP contribution in [0.3, 0.4) is 0 Å². The van der Waals surface area contributed by atoms with Gasteiger partial charge in [0.05, 0.1) is 16.3 Å². The number of anilines is 1. The maximum atomic E-state index is 12.0. The molecule has 0 radical (unpaired) electrons. The van der Waals surface area contributed by atoms with Crippen molar-refractivity contribution >= 4 is 40.8 Å². The van der Waals surface area contributed by atoms with Gasteiger partial charge in [-0.25, -0.2) is 0 Å². The van der Waals surface area contributed by atoms with E-state index >= 15 is 0 Å². The monoisotopic (exact) mass is 360 g/mol.